The van der Waals surface area contributed by atoms with Crippen LogP contribution in [0.4, 0.5) is 24.5 Å². The van der Waals surface area contributed by atoms with Crippen LogP contribution in [0.3, 0.4) is 0 Å². The van der Waals surface area contributed by atoms with Crippen LogP contribution in [0.5, 0.6) is 0 Å². The molecule has 0 radical (unpaired) electrons. The maximum Gasteiger partial charge on any atom is 2.00 e. The van der Waals surface area contributed by atoms with Crippen molar-refractivity contribution < 1.29 is 49.1 Å². The summed E-state index contributed by atoms with van der Waals surface area (Å²) in [6, 6.07) is 7.63. The van der Waals surface area contributed by atoms with Crippen LogP contribution >= 0.6 is 0 Å². The molecule has 2 aliphatic rings. The number of alkyl halides is 3. The molecule has 5 rings (SSSR count). The van der Waals surface area contributed by atoms with Crippen molar-refractivity contribution in [1.82, 2.24) is 25.6 Å². The van der Waals surface area contributed by atoms with Gasteiger partial charge in [0.15, 0.2) is 0 Å². The second-order valence-corrected chi connectivity index (χ2v) is 8.52. The number of nitrogens with one attached hydrogen (secondary N) is 2. The SMILES string of the molecule is CCCc1ccc(C(F)(F)F)cc1.C[N-]C1CNC1.Cc1cnc(CNC(=O)c2cc3c(cn2)[N-]3)cn1.[U+2]. The van der Waals surface area contributed by atoms with Crippen molar-refractivity contribution in [2.75, 3.05) is 20.1 Å². The Morgan fingerprint density at radius 3 is 2.29 bits per heavy atom. The zero-order valence-corrected chi connectivity index (χ0v) is 25.7. The number of halogens is 3. The summed E-state index contributed by atoms with van der Waals surface area (Å²) < 4.78 is 36.3. The van der Waals surface area contributed by atoms with Crippen LogP contribution < -0.4 is 10.6 Å². The molecule has 0 atom stereocenters. The van der Waals surface area contributed by atoms with Crippen molar-refractivity contribution in [3.05, 3.63) is 87.8 Å². The van der Waals surface area contributed by atoms with Crippen molar-refractivity contribution in [3.63, 3.8) is 0 Å². The van der Waals surface area contributed by atoms with Crippen molar-refractivity contribution >= 4 is 17.3 Å². The number of hydrogen-bond donors (Lipinski definition) is 2. The fourth-order valence-corrected chi connectivity index (χ4v) is 3.10. The van der Waals surface area contributed by atoms with Crippen LogP contribution in [0, 0.1) is 38.0 Å². The molecule has 2 aromatic heterocycles. The van der Waals surface area contributed by atoms with Crippen molar-refractivity contribution in [2.45, 2.75) is 45.5 Å². The fourth-order valence-electron chi connectivity index (χ4n) is 3.10. The summed E-state index contributed by atoms with van der Waals surface area (Å²) in [4.78, 5) is 24.1. The third-order valence-electron chi connectivity index (χ3n) is 5.49. The molecule has 8 nitrogen and oxygen atoms in total. The largest absolute Gasteiger partial charge is 2.00 e. The summed E-state index contributed by atoms with van der Waals surface area (Å²) in [5.74, 6) is -0.234. The van der Waals surface area contributed by atoms with E-state index in [2.05, 4.69) is 36.2 Å². The van der Waals surface area contributed by atoms with Gasteiger partial charge in [-0.2, -0.15) is 20.2 Å². The molecule has 0 saturated carbocycles. The molecule has 1 fully saturated rings. The van der Waals surface area contributed by atoms with Crippen molar-refractivity contribution in [1.29, 1.82) is 0 Å². The van der Waals surface area contributed by atoms with Crippen molar-refractivity contribution in [3.8, 4) is 0 Å². The van der Waals surface area contributed by atoms with E-state index in [1.165, 1.54) is 12.1 Å². The van der Waals surface area contributed by atoms with Crippen LogP contribution in [-0.4, -0.2) is 47.0 Å². The summed E-state index contributed by atoms with van der Waals surface area (Å²) in [7, 11) is 1.87. The molecule has 0 spiro atoms. The second kappa shape index (κ2) is 15.2. The molecule has 200 valence electrons. The van der Waals surface area contributed by atoms with Gasteiger partial charge in [0.2, 0.25) is 0 Å². The molecular formula is C26H30F3N7OU. The third-order valence-corrected chi connectivity index (χ3v) is 5.49. The van der Waals surface area contributed by atoms with E-state index >= 15 is 0 Å². The number of hydrogen-bond acceptors (Lipinski definition) is 5. The maximum atomic E-state index is 12.1. The van der Waals surface area contributed by atoms with E-state index in [9.17, 15) is 18.0 Å². The Morgan fingerprint density at radius 2 is 1.82 bits per heavy atom. The van der Waals surface area contributed by atoms with Crippen LogP contribution in [0.1, 0.15) is 46.3 Å². The Balaban J connectivity index is 0.000000222. The summed E-state index contributed by atoms with van der Waals surface area (Å²) in [6.45, 7) is 6.38. The number of amides is 1. The summed E-state index contributed by atoms with van der Waals surface area (Å²) >= 11 is 0. The molecule has 0 bridgehead atoms. The third kappa shape index (κ3) is 10.3. The fraction of sp³-hybridized carbons (Fsp3) is 0.385. The first-order valence-electron chi connectivity index (χ1n) is 11.9. The first-order chi connectivity index (χ1) is 17.7. The number of rotatable bonds is 6. The molecular weight excluding hydrogens is 721 g/mol. The van der Waals surface area contributed by atoms with E-state index < -0.39 is 11.7 Å². The normalized spacial score (nSPS) is 13.1. The Hall–Kier alpha value is -2.52. The summed E-state index contributed by atoms with van der Waals surface area (Å²) in [5.41, 5.74) is 4.00. The average molecular weight is 752 g/mol. The topological polar surface area (TPSA) is 108 Å². The van der Waals surface area contributed by atoms with Gasteiger partial charge in [0, 0.05) is 12.4 Å². The Labute approximate surface area is 244 Å². The minimum atomic E-state index is -4.22. The quantitative estimate of drug-likeness (QED) is 0.258. The van der Waals surface area contributed by atoms with E-state index in [4.69, 9.17) is 0 Å². The van der Waals surface area contributed by atoms with Gasteiger partial charge >= 0.3 is 37.3 Å². The molecule has 4 heterocycles. The first kappa shape index (κ1) is 31.7. The van der Waals surface area contributed by atoms with Crippen LogP contribution in [-0.2, 0) is 19.1 Å². The molecule has 1 aromatic carbocycles. The minimum Gasteiger partial charge on any atom is -0.660 e. The molecule has 3 aromatic rings. The Bertz CT molecular complexity index is 1150. The molecule has 12 heteroatoms. The smallest absolute Gasteiger partial charge is 0.660 e. The molecule has 0 aliphatic carbocycles. The van der Waals surface area contributed by atoms with E-state index in [1.807, 2.05) is 20.9 Å². The number of pyridine rings is 1. The van der Waals surface area contributed by atoms with Gasteiger partial charge in [-0.15, -0.1) is 17.4 Å². The number of fused-ring (bicyclic) bond motifs is 1. The van der Waals surface area contributed by atoms with E-state index in [1.54, 1.807) is 24.7 Å². The minimum absolute atomic E-state index is 0. The molecule has 1 saturated heterocycles. The summed E-state index contributed by atoms with van der Waals surface area (Å²) in [6.07, 6.45) is 2.47. The standard InChI is InChI=1S/C12H11N5O.C10H11F3.C4H9N2.U/c1-7-3-14-8(4-13-7)5-16-12(18)10-2-9-11(17-9)6-15-10;1-2-3-8-4-6-9(7-5-8)10(11,12)13;1-5-4-2-6-3-4;/h2-4,6H,5H2,1H3,(H2,15,16,17,18);4-7H,2-3H2,1H3;4,6H,2-3H2,1H3;/q;;-1;+2/p-1. The summed E-state index contributed by atoms with van der Waals surface area (Å²) in [5, 5.41) is 13.9. The van der Waals surface area contributed by atoms with Gasteiger partial charge in [-0.05, 0) is 50.2 Å². The monoisotopic (exact) mass is 751 g/mol. The predicted molar refractivity (Wildman–Crippen MR) is 136 cm³/mol. The molecule has 0 unspecified atom stereocenters. The van der Waals surface area contributed by atoms with Gasteiger partial charge in [-0.3, -0.25) is 19.7 Å². The zero-order chi connectivity index (χ0) is 26.8. The van der Waals surface area contributed by atoms with E-state index in [0.29, 0.717) is 24.0 Å². The number of nitrogens with zero attached hydrogens (tertiary/aromatic N) is 5. The van der Waals surface area contributed by atoms with Gasteiger partial charge in [0.05, 0.1) is 29.7 Å². The van der Waals surface area contributed by atoms with Crippen LogP contribution in [0.2, 0.25) is 0 Å². The van der Waals surface area contributed by atoms with Gasteiger partial charge in [-0.25, -0.2) is 0 Å². The van der Waals surface area contributed by atoms with E-state index in [0.717, 1.165) is 60.7 Å². The van der Waals surface area contributed by atoms with Gasteiger partial charge in [0.1, 0.15) is 5.69 Å². The van der Waals surface area contributed by atoms with Crippen LogP contribution in [0.25, 0.3) is 10.6 Å². The van der Waals surface area contributed by atoms with Gasteiger partial charge in [-0.1, -0.05) is 25.5 Å². The van der Waals surface area contributed by atoms with Crippen molar-refractivity contribution in [2.24, 2.45) is 0 Å². The number of carbonyl (C=O) groups is 1. The first-order valence-corrected chi connectivity index (χ1v) is 11.9. The zero-order valence-electron chi connectivity index (χ0n) is 21.5. The number of benzene rings is 1. The number of likely N-dealkylation sites (N-methyl/N-ethyl adjacent to an activating group) is 1. The molecule has 1 amide bonds. The van der Waals surface area contributed by atoms with E-state index in [-0.39, 0.29) is 37.0 Å². The molecule has 38 heavy (non-hydrogen) atoms. The number of aromatic nitrogens is 3. The van der Waals surface area contributed by atoms with Gasteiger partial charge in [0.25, 0.3) is 5.91 Å². The molecule has 2 N–H and O–H groups in total. The maximum absolute atomic E-state index is 12.1. The average Bonchev–Trinajstić information content (AvgIpc) is 3.63. The predicted octanol–water partition coefficient (Wildman–Crippen LogP) is 5.38. The molecule has 2 aliphatic heterocycles. The van der Waals surface area contributed by atoms with Gasteiger partial charge < -0.3 is 21.3 Å². The second-order valence-electron chi connectivity index (χ2n) is 8.52. The Kier molecular flexibility index (Phi) is 12.7. The Morgan fingerprint density at radius 1 is 1.11 bits per heavy atom. The van der Waals surface area contributed by atoms with Crippen LogP contribution in [0.15, 0.2) is 48.9 Å². The number of aryl methyl sites for hydroxylation is 2. The number of carbonyl (C=O) groups excluding carboxylic acids is 1.